The first-order chi connectivity index (χ1) is 8.49. The number of thiophene rings is 1. The number of ketones is 1. The maximum atomic E-state index is 13.5. The Balaban J connectivity index is 2.27. The van der Waals surface area contributed by atoms with Gasteiger partial charge in [-0.15, -0.1) is 11.3 Å². The molecule has 1 nitrogen and oxygen atoms in total. The molecule has 0 aliphatic heterocycles. The number of carbonyl (C=O) groups excluding carboxylic acids is 1. The largest absolute Gasteiger partial charge is 0.293 e. The van der Waals surface area contributed by atoms with Crippen LogP contribution in [0.1, 0.15) is 15.2 Å². The predicted molar refractivity (Wildman–Crippen MR) is 76.5 cm³/mol. The zero-order chi connectivity index (χ0) is 13.3. The SMILES string of the molecule is O=C(Cc1c(F)cccc1Cl)c1cc(Cl)c(Br)s1. The first-order valence-electron chi connectivity index (χ1n) is 4.90. The number of benzene rings is 1. The highest BCUT2D eigenvalue weighted by molar-refractivity contribution is 9.11. The molecule has 0 spiro atoms. The average molecular weight is 368 g/mol. The average Bonchev–Trinajstić information content (AvgIpc) is 2.64. The Kier molecular flexibility index (Phi) is 4.43. The zero-order valence-corrected chi connectivity index (χ0v) is 12.8. The van der Waals surface area contributed by atoms with E-state index in [0.717, 1.165) is 0 Å². The van der Waals surface area contributed by atoms with Crippen LogP contribution in [0.2, 0.25) is 10.0 Å². The van der Waals surface area contributed by atoms with Crippen molar-refractivity contribution in [2.24, 2.45) is 0 Å². The molecule has 6 heteroatoms. The van der Waals surface area contributed by atoms with E-state index >= 15 is 0 Å². The lowest BCUT2D eigenvalue weighted by molar-refractivity contribution is 0.0995. The fourth-order valence-corrected chi connectivity index (χ4v) is 3.30. The third-order valence-corrected chi connectivity index (χ3v) is 5.19. The van der Waals surface area contributed by atoms with Crippen molar-refractivity contribution in [1.29, 1.82) is 0 Å². The van der Waals surface area contributed by atoms with Gasteiger partial charge in [-0.3, -0.25) is 4.79 Å². The minimum Gasteiger partial charge on any atom is -0.293 e. The third-order valence-electron chi connectivity index (χ3n) is 2.32. The van der Waals surface area contributed by atoms with E-state index in [2.05, 4.69) is 15.9 Å². The van der Waals surface area contributed by atoms with Gasteiger partial charge in [-0.05, 0) is 34.1 Å². The standard InChI is InChI=1S/C12H6BrCl2FOS/c13-12-8(15)5-11(18-12)10(17)4-6-7(14)2-1-3-9(6)16/h1-3,5H,4H2. The second-order valence-electron chi connectivity index (χ2n) is 3.53. The summed E-state index contributed by atoms with van der Waals surface area (Å²) in [5.41, 5.74) is 0.213. The normalized spacial score (nSPS) is 10.7. The molecule has 0 fully saturated rings. The summed E-state index contributed by atoms with van der Waals surface area (Å²) < 4.78 is 14.2. The molecule has 2 rings (SSSR count). The smallest absolute Gasteiger partial charge is 0.177 e. The molecular formula is C12H6BrCl2FOS. The summed E-state index contributed by atoms with van der Waals surface area (Å²) in [5, 5.41) is 0.730. The van der Waals surface area contributed by atoms with Gasteiger partial charge in [0.15, 0.2) is 5.78 Å². The van der Waals surface area contributed by atoms with Crippen molar-refractivity contribution in [2.75, 3.05) is 0 Å². The van der Waals surface area contributed by atoms with E-state index < -0.39 is 5.82 Å². The van der Waals surface area contributed by atoms with E-state index in [-0.39, 0.29) is 22.8 Å². The predicted octanol–water partition coefficient (Wildman–Crippen LogP) is 5.38. The number of hydrogen-bond acceptors (Lipinski definition) is 2. The fourth-order valence-electron chi connectivity index (χ4n) is 1.43. The second-order valence-corrected chi connectivity index (χ2v) is 6.72. The number of Topliss-reactive ketones (excluding diaryl/α,β-unsaturated/α-hetero) is 1. The van der Waals surface area contributed by atoms with Gasteiger partial charge in [0, 0.05) is 17.0 Å². The molecular weight excluding hydrogens is 362 g/mol. The van der Waals surface area contributed by atoms with Crippen LogP contribution in [0, 0.1) is 5.82 Å². The maximum absolute atomic E-state index is 13.5. The van der Waals surface area contributed by atoms with Crippen molar-refractivity contribution in [2.45, 2.75) is 6.42 Å². The Morgan fingerprint density at radius 2 is 2.06 bits per heavy atom. The summed E-state index contributed by atoms with van der Waals surface area (Å²) in [6.07, 6.45) is -0.0746. The minimum atomic E-state index is -0.474. The Labute approximate surface area is 126 Å². The molecule has 0 radical (unpaired) electrons. The first kappa shape index (κ1) is 14.0. The molecule has 0 amide bonds. The number of carbonyl (C=O) groups is 1. The van der Waals surface area contributed by atoms with Crippen molar-refractivity contribution in [1.82, 2.24) is 0 Å². The molecule has 2 aromatic rings. The van der Waals surface area contributed by atoms with Crippen LogP contribution in [0.15, 0.2) is 28.1 Å². The van der Waals surface area contributed by atoms with E-state index in [4.69, 9.17) is 23.2 Å². The topological polar surface area (TPSA) is 17.1 Å². The van der Waals surface area contributed by atoms with E-state index in [0.29, 0.717) is 13.7 Å². The van der Waals surface area contributed by atoms with Gasteiger partial charge in [0.25, 0.3) is 0 Å². The highest BCUT2D eigenvalue weighted by Gasteiger charge is 2.16. The number of rotatable bonds is 3. The van der Waals surface area contributed by atoms with Crippen molar-refractivity contribution >= 4 is 56.3 Å². The molecule has 0 unspecified atom stereocenters. The zero-order valence-electron chi connectivity index (χ0n) is 8.84. The quantitative estimate of drug-likeness (QED) is 0.665. The molecule has 18 heavy (non-hydrogen) atoms. The molecule has 0 atom stereocenters. The Morgan fingerprint density at radius 3 is 2.61 bits per heavy atom. The third kappa shape index (κ3) is 2.94. The van der Waals surface area contributed by atoms with Crippen LogP contribution in [-0.4, -0.2) is 5.78 Å². The van der Waals surface area contributed by atoms with E-state index in [1.165, 1.54) is 23.5 Å². The molecule has 0 aliphatic rings. The van der Waals surface area contributed by atoms with Crippen molar-refractivity contribution in [3.8, 4) is 0 Å². The van der Waals surface area contributed by atoms with Crippen molar-refractivity contribution in [3.63, 3.8) is 0 Å². The van der Waals surface area contributed by atoms with Gasteiger partial charge in [-0.2, -0.15) is 0 Å². The Bertz CT molecular complexity index is 572. The molecule has 0 saturated heterocycles. The van der Waals surface area contributed by atoms with Gasteiger partial charge < -0.3 is 0 Å². The molecule has 1 aromatic heterocycles. The van der Waals surface area contributed by atoms with Crippen LogP contribution < -0.4 is 0 Å². The summed E-state index contributed by atoms with van der Waals surface area (Å²) in [6.45, 7) is 0. The fraction of sp³-hybridized carbons (Fsp3) is 0.0833. The first-order valence-corrected chi connectivity index (χ1v) is 7.26. The van der Waals surface area contributed by atoms with Crippen LogP contribution in [0.25, 0.3) is 0 Å². The summed E-state index contributed by atoms with van der Waals surface area (Å²) in [5.74, 6) is -0.683. The molecule has 1 aromatic carbocycles. The molecule has 0 bridgehead atoms. The second kappa shape index (κ2) is 5.70. The van der Waals surface area contributed by atoms with Gasteiger partial charge in [0.05, 0.1) is 13.7 Å². The molecule has 1 heterocycles. The van der Waals surface area contributed by atoms with Crippen LogP contribution in [-0.2, 0) is 6.42 Å². The monoisotopic (exact) mass is 366 g/mol. The van der Waals surface area contributed by atoms with E-state index in [1.54, 1.807) is 12.1 Å². The highest BCUT2D eigenvalue weighted by Crippen LogP contribution is 2.33. The van der Waals surface area contributed by atoms with Crippen LogP contribution in [0.4, 0.5) is 4.39 Å². The molecule has 0 saturated carbocycles. The van der Waals surface area contributed by atoms with Crippen LogP contribution in [0.3, 0.4) is 0 Å². The van der Waals surface area contributed by atoms with Gasteiger partial charge in [0.1, 0.15) is 5.82 Å². The summed E-state index contributed by atoms with van der Waals surface area (Å²) in [4.78, 5) is 12.5. The lowest BCUT2D eigenvalue weighted by Gasteiger charge is -2.03. The number of hydrogen-bond donors (Lipinski definition) is 0. The highest BCUT2D eigenvalue weighted by atomic mass is 79.9. The van der Waals surface area contributed by atoms with Crippen molar-refractivity contribution in [3.05, 3.63) is 54.4 Å². The van der Waals surface area contributed by atoms with Crippen LogP contribution >= 0.6 is 50.5 Å². The number of halogens is 4. The van der Waals surface area contributed by atoms with Gasteiger partial charge >= 0.3 is 0 Å². The summed E-state index contributed by atoms with van der Waals surface area (Å²) >= 11 is 16.2. The lowest BCUT2D eigenvalue weighted by atomic mass is 10.1. The molecule has 0 N–H and O–H groups in total. The Hall–Kier alpha value is -0.420. The lowest BCUT2D eigenvalue weighted by Crippen LogP contribution is -2.04. The van der Waals surface area contributed by atoms with Crippen LogP contribution in [0.5, 0.6) is 0 Å². The van der Waals surface area contributed by atoms with Gasteiger partial charge in [0.2, 0.25) is 0 Å². The van der Waals surface area contributed by atoms with E-state index in [1.807, 2.05) is 0 Å². The summed E-state index contributed by atoms with van der Waals surface area (Å²) in [6, 6.07) is 5.91. The minimum absolute atomic E-state index is 0.0746. The maximum Gasteiger partial charge on any atom is 0.177 e. The van der Waals surface area contributed by atoms with Gasteiger partial charge in [-0.25, -0.2) is 4.39 Å². The Morgan fingerprint density at radius 1 is 1.33 bits per heavy atom. The van der Waals surface area contributed by atoms with Crippen molar-refractivity contribution < 1.29 is 9.18 Å². The van der Waals surface area contributed by atoms with E-state index in [9.17, 15) is 9.18 Å². The molecule has 0 aliphatic carbocycles. The summed E-state index contributed by atoms with van der Waals surface area (Å²) in [7, 11) is 0. The molecule has 94 valence electrons. The van der Waals surface area contributed by atoms with Gasteiger partial charge in [-0.1, -0.05) is 29.3 Å².